The van der Waals surface area contributed by atoms with Gasteiger partial charge in [-0.05, 0) is 12.8 Å². The molecule has 0 radical (unpaired) electrons. The van der Waals surface area contributed by atoms with E-state index in [2.05, 4.69) is 5.16 Å². The summed E-state index contributed by atoms with van der Waals surface area (Å²) in [7, 11) is 0. The third kappa shape index (κ3) is 1.67. The van der Waals surface area contributed by atoms with Crippen molar-refractivity contribution in [3.8, 4) is 0 Å². The molecule has 76 valence electrons. The Balaban J connectivity index is 2.22. The summed E-state index contributed by atoms with van der Waals surface area (Å²) in [5.41, 5.74) is 0.188. The Morgan fingerprint density at radius 3 is 2.71 bits per heavy atom. The summed E-state index contributed by atoms with van der Waals surface area (Å²) in [6, 6.07) is 0. The molecule has 2 rings (SSSR count). The highest BCUT2D eigenvalue weighted by Gasteiger charge is 2.24. The lowest BCUT2D eigenvalue weighted by Crippen LogP contribution is -2.13. The van der Waals surface area contributed by atoms with Gasteiger partial charge in [-0.1, -0.05) is 16.8 Å². The Morgan fingerprint density at radius 1 is 1.43 bits per heavy atom. The molecule has 0 spiro atoms. The van der Waals surface area contributed by atoms with Gasteiger partial charge in [0.05, 0.1) is 0 Å². The molecular weight excluding hydrogens is 206 g/mol. The number of rotatable bonds is 2. The van der Waals surface area contributed by atoms with Gasteiger partial charge in [0, 0.05) is 19.1 Å². The second kappa shape index (κ2) is 4.11. The number of aldehydes is 1. The van der Waals surface area contributed by atoms with Crippen LogP contribution in [0.25, 0.3) is 0 Å². The van der Waals surface area contributed by atoms with Crippen LogP contribution in [0, 0.1) is 0 Å². The molecule has 1 aromatic heterocycles. The van der Waals surface area contributed by atoms with Crippen LogP contribution < -0.4 is 0 Å². The number of carbonyl (C=O) groups is 1. The fourth-order valence-corrected chi connectivity index (χ4v) is 1.86. The Bertz CT molecular complexity index is 331. The summed E-state index contributed by atoms with van der Waals surface area (Å²) < 4.78 is 10.3. The first kappa shape index (κ1) is 9.68. The molecule has 5 heteroatoms. The van der Waals surface area contributed by atoms with Crippen LogP contribution >= 0.6 is 11.6 Å². The van der Waals surface area contributed by atoms with E-state index in [-0.39, 0.29) is 11.6 Å². The zero-order chi connectivity index (χ0) is 9.97. The van der Waals surface area contributed by atoms with Crippen molar-refractivity contribution >= 4 is 17.9 Å². The summed E-state index contributed by atoms with van der Waals surface area (Å²) in [4.78, 5) is 10.5. The van der Waals surface area contributed by atoms with Crippen molar-refractivity contribution in [1.82, 2.24) is 5.16 Å². The molecule has 0 aliphatic carbocycles. The first-order chi connectivity index (χ1) is 6.83. The second-order valence-corrected chi connectivity index (χ2v) is 3.63. The second-order valence-electron chi connectivity index (χ2n) is 3.25. The molecule has 1 aliphatic heterocycles. The van der Waals surface area contributed by atoms with Gasteiger partial charge in [-0.15, -0.1) is 0 Å². The highest BCUT2D eigenvalue weighted by atomic mass is 35.5. The highest BCUT2D eigenvalue weighted by Crippen LogP contribution is 2.33. The summed E-state index contributed by atoms with van der Waals surface area (Å²) >= 11 is 5.93. The zero-order valence-electron chi connectivity index (χ0n) is 7.53. The number of hydrogen-bond acceptors (Lipinski definition) is 4. The predicted octanol–water partition coefficient (Wildman–Crippen LogP) is 2.03. The van der Waals surface area contributed by atoms with Crippen LogP contribution in [-0.4, -0.2) is 24.7 Å². The van der Waals surface area contributed by atoms with Gasteiger partial charge < -0.3 is 9.26 Å². The van der Waals surface area contributed by atoms with Crippen molar-refractivity contribution in [2.75, 3.05) is 13.2 Å². The van der Waals surface area contributed by atoms with Crippen LogP contribution in [0.5, 0.6) is 0 Å². The monoisotopic (exact) mass is 215 g/mol. The highest BCUT2D eigenvalue weighted by molar-refractivity contribution is 6.33. The van der Waals surface area contributed by atoms with Crippen molar-refractivity contribution in [2.45, 2.75) is 18.8 Å². The maximum absolute atomic E-state index is 10.5. The minimum Gasteiger partial charge on any atom is -0.381 e. The topological polar surface area (TPSA) is 52.3 Å². The van der Waals surface area contributed by atoms with Gasteiger partial charge in [-0.3, -0.25) is 4.79 Å². The SMILES string of the molecule is O=Cc1noc(C2CCOCC2)c1Cl. The van der Waals surface area contributed by atoms with E-state index in [1.54, 1.807) is 0 Å². The van der Waals surface area contributed by atoms with Crippen LogP contribution in [0.1, 0.15) is 35.0 Å². The molecule has 1 aliphatic rings. The van der Waals surface area contributed by atoms with Crippen LogP contribution in [0.4, 0.5) is 0 Å². The van der Waals surface area contributed by atoms with Gasteiger partial charge in [-0.2, -0.15) is 0 Å². The maximum atomic E-state index is 10.5. The summed E-state index contributed by atoms with van der Waals surface area (Å²) in [6.07, 6.45) is 2.34. The molecule has 0 N–H and O–H groups in total. The molecule has 0 saturated carbocycles. The third-order valence-electron chi connectivity index (χ3n) is 2.39. The van der Waals surface area contributed by atoms with Crippen LogP contribution in [0.15, 0.2) is 4.52 Å². The molecule has 1 aromatic rings. The van der Waals surface area contributed by atoms with Crippen molar-refractivity contribution in [3.63, 3.8) is 0 Å². The van der Waals surface area contributed by atoms with Gasteiger partial charge in [0.15, 0.2) is 17.7 Å². The van der Waals surface area contributed by atoms with E-state index in [1.807, 2.05) is 0 Å². The van der Waals surface area contributed by atoms with Crippen molar-refractivity contribution in [2.24, 2.45) is 0 Å². The van der Waals surface area contributed by atoms with Gasteiger partial charge in [0.1, 0.15) is 5.02 Å². The standard InChI is InChI=1S/C9H10ClNO3/c10-8-7(5-12)11-14-9(8)6-1-3-13-4-2-6/h5-6H,1-4H2. The number of halogens is 1. The molecule has 0 amide bonds. The molecule has 0 unspecified atom stereocenters. The summed E-state index contributed by atoms with van der Waals surface area (Å²) in [5, 5.41) is 3.95. The Morgan fingerprint density at radius 2 is 2.14 bits per heavy atom. The minimum absolute atomic E-state index is 0.188. The Hall–Kier alpha value is -0.870. The van der Waals surface area contributed by atoms with E-state index < -0.39 is 0 Å². The minimum atomic E-state index is 0.188. The van der Waals surface area contributed by atoms with Crippen LogP contribution in [0.3, 0.4) is 0 Å². The lowest BCUT2D eigenvalue weighted by atomic mass is 9.97. The number of ether oxygens (including phenoxy) is 1. The predicted molar refractivity (Wildman–Crippen MR) is 49.7 cm³/mol. The first-order valence-corrected chi connectivity index (χ1v) is 4.88. The molecule has 1 fully saturated rings. The van der Waals surface area contributed by atoms with Crippen LogP contribution in [-0.2, 0) is 4.74 Å². The van der Waals surface area contributed by atoms with Crippen LogP contribution in [0.2, 0.25) is 5.02 Å². The molecular formula is C9H10ClNO3. The largest absolute Gasteiger partial charge is 0.381 e. The molecule has 2 heterocycles. The average Bonchev–Trinajstić information content (AvgIpc) is 2.61. The van der Waals surface area contributed by atoms with Crippen molar-refractivity contribution in [3.05, 3.63) is 16.5 Å². The number of nitrogens with zero attached hydrogens (tertiary/aromatic N) is 1. The third-order valence-corrected chi connectivity index (χ3v) is 2.77. The van der Waals surface area contributed by atoms with E-state index in [9.17, 15) is 4.79 Å². The van der Waals surface area contributed by atoms with Gasteiger partial charge in [-0.25, -0.2) is 0 Å². The van der Waals surface area contributed by atoms with Gasteiger partial charge >= 0.3 is 0 Å². The van der Waals surface area contributed by atoms with Gasteiger partial charge in [0.25, 0.3) is 0 Å². The van der Waals surface area contributed by atoms with E-state index in [4.69, 9.17) is 20.9 Å². The fraction of sp³-hybridized carbons (Fsp3) is 0.556. The lowest BCUT2D eigenvalue weighted by Gasteiger charge is -2.19. The normalized spacial score (nSPS) is 18.4. The molecule has 0 bridgehead atoms. The van der Waals surface area contributed by atoms with E-state index in [1.165, 1.54) is 0 Å². The lowest BCUT2D eigenvalue weighted by molar-refractivity contribution is 0.0791. The average molecular weight is 216 g/mol. The fourth-order valence-electron chi connectivity index (χ4n) is 1.59. The number of hydrogen-bond donors (Lipinski definition) is 0. The van der Waals surface area contributed by atoms with E-state index in [0.717, 1.165) is 12.8 Å². The Kier molecular flexibility index (Phi) is 2.84. The molecule has 14 heavy (non-hydrogen) atoms. The van der Waals surface area contributed by atoms with Crippen molar-refractivity contribution in [1.29, 1.82) is 0 Å². The summed E-state index contributed by atoms with van der Waals surface area (Å²) in [6.45, 7) is 1.41. The maximum Gasteiger partial charge on any atom is 0.173 e. The smallest absolute Gasteiger partial charge is 0.173 e. The quantitative estimate of drug-likeness (QED) is 0.709. The molecule has 0 aromatic carbocycles. The van der Waals surface area contributed by atoms with Crippen molar-refractivity contribution < 1.29 is 14.1 Å². The first-order valence-electron chi connectivity index (χ1n) is 4.51. The summed E-state index contributed by atoms with van der Waals surface area (Å²) in [5.74, 6) is 0.856. The zero-order valence-corrected chi connectivity index (χ0v) is 8.29. The molecule has 0 atom stereocenters. The molecule has 4 nitrogen and oxygen atoms in total. The molecule has 1 saturated heterocycles. The number of carbonyl (C=O) groups excluding carboxylic acids is 1. The van der Waals surface area contributed by atoms with E-state index >= 15 is 0 Å². The number of aromatic nitrogens is 1. The Labute approximate surface area is 86.2 Å². The van der Waals surface area contributed by atoms with E-state index in [0.29, 0.717) is 30.3 Å². The van der Waals surface area contributed by atoms with Gasteiger partial charge in [0.2, 0.25) is 0 Å².